The van der Waals surface area contributed by atoms with E-state index in [4.69, 9.17) is 11.6 Å². The van der Waals surface area contributed by atoms with E-state index in [9.17, 15) is 0 Å². The van der Waals surface area contributed by atoms with E-state index >= 15 is 0 Å². The van der Waals surface area contributed by atoms with E-state index in [2.05, 4.69) is 36.5 Å². The van der Waals surface area contributed by atoms with Gasteiger partial charge in [-0.15, -0.1) is 0 Å². The maximum atomic E-state index is 6.19. The average molecular weight is 370 g/mol. The van der Waals surface area contributed by atoms with E-state index in [1.165, 1.54) is 0 Å². The second kappa shape index (κ2) is 7.09. The van der Waals surface area contributed by atoms with Crippen LogP contribution in [-0.2, 0) is 6.42 Å². The standard InChI is InChI=1S/C15H18BrClN4/c1-4-13-20-14(18-5-2)8-15(21-13)19-12-7-11(17)9(3)6-10(12)16/h6-8H,4-5H2,1-3H3,(H2,18,19,20,21). The monoisotopic (exact) mass is 368 g/mol. The van der Waals surface area contributed by atoms with Crippen LogP contribution in [0.2, 0.25) is 5.02 Å². The summed E-state index contributed by atoms with van der Waals surface area (Å²) in [5.41, 5.74) is 1.91. The van der Waals surface area contributed by atoms with E-state index < -0.39 is 0 Å². The highest BCUT2D eigenvalue weighted by Crippen LogP contribution is 2.31. The van der Waals surface area contributed by atoms with Crippen LogP contribution in [0.5, 0.6) is 0 Å². The van der Waals surface area contributed by atoms with Crippen LogP contribution in [0.4, 0.5) is 17.3 Å². The first-order valence-corrected chi connectivity index (χ1v) is 8.05. The molecule has 0 spiro atoms. The Hall–Kier alpha value is -1.33. The molecule has 0 atom stereocenters. The molecule has 1 aromatic carbocycles. The third kappa shape index (κ3) is 4.08. The lowest BCUT2D eigenvalue weighted by Gasteiger charge is -2.12. The Kier molecular flexibility index (Phi) is 5.42. The van der Waals surface area contributed by atoms with Crippen molar-refractivity contribution in [3.8, 4) is 0 Å². The number of hydrogen-bond acceptors (Lipinski definition) is 4. The van der Waals surface area contributed by atoms with Crippen molar-refractivity contribution >= 4 is 44.9 Å². The normalized spacial score (nSPS) is 10.5. The first kappa shape index (κ1) is 16.0. The fourth-order valence-corrected chi connectivity index (χ4v) is 2.59. The largest absolute Gasteiger partial charge is 0.370 e. The molecule has 0 fully saturated rings. The van der Waals surface area contributed by atoms with Crippen LogP contribution in [0.25, 0.3) is 0 Å². The number of rotatable bonds is 5. The zero-order chi connectivity index (χ0) is 15.4. The number of nitrogens with one attached hydrogen (secondary N) is 2. The molecule has 2 N–H and O–H groups in total. The second-order valence-corrected chi connectivity index (χ2v) is 5.91. The molecule has 0 radical (unpaired) electrons. The molecule has 6 heteroatoms. The van der Waals surface area contributed by atoms with Gasteiger partial charge in [0.1, 0.15) is 17.5 Å². The van der Waals surface area contributed by atoms with Gasteiger partial charge in [-0.05, 0) is 47.5 Å². The number of aromatic nitrogens is 2. The highest BCUT2D eigenvalue weighted by atomic mass is 79.9. The summed E-state index contributed by atoms with van der Waals surface area (Å²) < 4.78 is 0.950. The summed E-state index contributed by atoms with van der Waals surface area (Å²) >= 11 is 9.73. The van der Waals surface area contributed by atoms with Gasteiger partial charge in [0.2, 0.25) is 0 Å². The lowest BCUT2D eigenvalue weighted by molar-refractivity contribution is 0.939. The molecule has 0 aliphatic rings. The summed E-state index contributed by atoms with van der Waals surface area (Å²) in [6.07, 6.45) is 0.781. The summed E-state index contributed by atoms with van der Waals surface area (Å²) in [6.45, 7) is 6.87. The fourth-order valence-electron chi connectivity index (χ4n) is 1.87. The Morgan fingerprint density at radius 1 is 1.14 bits per heavy atom. The predicted molar refractivity (Wildman–Crippen MR) is 92.7 cm³/mol. The highest BCUT2D eigenvalue weighted by Gasteiger charge is 2.08. The van der Waals surface area contributed by atoms with E-state index in [1.807, 2.05) is 39.0 Å². The zero-order valence-corrected chi connectivity index (χ0v) is 14.6. The quantitative estimate of drug-likeness (QED) is 0.784. The van der Waals surface area contributed by atoms with Crippen molar-refractivity contribution in [3.05, 3.63) is 39.1 Å². The van der Waals surface area contributed by atoms with Gasteiger partial charge in [0, 0.05) is 28.5 Å². The van der Waals surface area contributed by atoms with Crippen molar-refractivity contribution in [2.45, 2.75) is 27.2 Å². The minimum Gasteiger partial charge on any atom is -0.370 e. The maximum Gasteiger partial charge on any atom is 0.136 e. The van der Waals surface area contributed by atoms with Crippen LogP contribution in [0.15, 0.2) is 22.7 Å². The lowest BCUT2D eigenvalue weighted by Crippen LogP contribution is -2.05. The molecule has 4 nitrogen and oxygen atoms in total. The third-order valence-corrected chi connectivity index (χ3v) is 4.02. The van der Waals surface area contributed by atoms with Gasteiger partial charge in [-0.1, -0.05) is 18.5 Å². The number of benzene rings is 1. The molecule has 0 saturated carbocycles. The van der Waals surface area contributed by atoms with Crippen molar-refractivity contribution in [2.75, 3.05) is 17.2 Å². The molecule has 0 aliphatic heterocycles. The molecule has 112 valence electrons. The van der Waals surface area contributed by atoms with Crippen LogP contribution in [0.3, 0.4) is 0 Å². The Morgan fingerprint density at radius 3 is 2.52 bits per heavy atom. The van der Waals surface area contributed by atoms with Gasteiger partial charge in [-0.2, -0.15) is 0 Å². The van der Waals surface area contributed by atoms with Crippen molar-refractivity contribution < 1.29 is 0 Å². The number of hydrogen-bond donors (Lipinski definition) is 2. The van der Waals surface area contributed by atoms with Gasteiger partial charge < -0.3 is 10.6 Å². The molecule has 2 aromatic rings. The van der Waals surface area contributed by atoms with E-state index in [-0.39, 0.29) is 0 Å². The van der Waals surface area contributed by atoms with Crippen molar-refractivity contribution in [1.82, 2.24) is 9.97 Å². The molecule has 0 amide bonds. The van der Waals surface area contributed by atoms with Gasteiger partial charge in [0.15, 0.2) is 0 Å². The minimum absolute atomic E-state index is 0.720. The van der Waals surface area contributed by atoms with Crippen LogP contribution < -0.4 is 10.6 Å². The number of halogens is 2. The fraction of sp³-hybridized carbons (Fsp3) is 0.333. The highest BCUT2D eigenvalue weighted by molar-refractivity contribution is 9.10. The molecule has 0 unspecified atom stereocenters. The molecule has 0 saturated heterocycles. The topological polar surface area (TPSA) is 49.8 Å². The lowest BCUT2D eigenvalue weighted by atomic mass is 10.2. The first-order valence-electron chi connectivity index (χ1n) is 6.88. The van der Waals surface area contributed by atoms with Crippen LogP contribution in [0, 0.1) is 6.92 Å². The molecule has 1 heterocycles. The second-order valence-electron chi connectivity index (χ2n) is 4.64. The summed E-state index contributed by atoms with van der Waals surface area (Å²) in [7, 11) is 0. The SMILES string of the molecule is CCNc1cc(Nc2cc(Cl)c(C)cc2Br)nc(CC)n1. The van der Waals surface area contributed by atoms with Gasteiger partial charge in [-0.3, -0.25) is 0 Å². The Morgan fingerprint density at radius 2 is 1.86 bits per heavy atom. The Bertz CT molecular complexity index is 646. The Balaban J connectivity index is 2.34. The molecular weight excluding hydrogens is 352 g/mol. The Labute approximate surface area is 138 Å². The van der Waals surface area contributed by atoms with Crippen molar-refractivity contribution in [2.24, 2.45) is 0 Å². The number of nitrogens with zero attached hydrogens (tertiary/aromatic N) is 2. The predicted octanol–water partition coefficient (Wildman–Crippen LogP) is 4.94. The number of aryl methyl sites for hydroxylation is 2. The van der Waals surface area contributed by atoms with Gasteiger partial charge in [-0.25, -0.2) is 9.97 Å². The molecule has 0 aliphatic carbocycles. The molecule has 1 aromatic heterocycles. The summed E-state index contributed by atoms with van der Waals surface area (Å²) in [4.78, 5) is 8.93. The van der Waals surface area contributed by atoms with Crippen LogP contribution in [0.1, 0.15) is 25.2 Å². The molecule has 21 heavy (non-hydrogen) atoms. The van der Waals surface area contributed by atoms with E-state index in [1.54, 1.807) is 0 Å². The van der Waals surface area contributed by atoms with Crippen molar-refractivity contribution in [3.63, 3.8) is 0 Å². The third-order valence-electron chi connectivity index (χ3n) is 2.96. The molecule has 2 rings (SSSR count). The zero-order valence-electron chi connectivity index (χ0n) is 12.3. The average Bonchev–Trinajstić information content (AvgIpc) is 2.45. The molecule has 0 bridgehead atoms. The smallest absolute Gasteiger partial charge is 0.136 e. The van der Waals surface area contributed by atoms with E-state index in [0.29, 0.717) is 0 Å². The van der Waals surface area contributed by atoms with Gasteiger partial charge >= 0.3 is 0 Å². The van der Waals surface area contributed by atoms with E-state index in [0.717, 1.165) is 51.2 Å². The van der Waals surface area contributed by atoms with Crippen LogP contribution in [-0.4, -0.2) is 16.5 Å². The van der Waals surface area contributed by atoms with Gasteiger partial charge in [0.25, 0.3) is 0 Å². The van der Waals surface area contributed by atoms with Gasteiger partial charge in [0.05, 0.1) is 5.69 Å². The summed E-state index contributed by atoms with van der Waals surface area (Å²) in [5.74, 6) is 2.37. The van der Waals surface area contributed by atoms with Crippen molar-refractivity contribution in [1.29, 1.82) is 0 Å². The number of anilines is 3. The van der Waals surface area contributed by atoms with Crippen LogP contribution >= 0.6 is 27.5 Å². The molecular formula is C15H18BrClN4. The summed E-state index contributed by atoms with van der Waals surface area (Å²) in [6, 6.07) is 5.77. The summed E-state index contributed by atoms with van der Waals surface area (Å²) in [5, 5.41) is 7.23. The first-order chi connectivity index (χ1) is 10.0. The maximum absolute atomic E-state index is 6.19. The minimum atomic E-state index is 0.720.